The van der Waals surface area contributed by atoms with Gasteiger partial charge in [-0.15, -0.1) is 10.2 Å². The van der Waals surface area contributed by atoms with Gasteiger partial charge in [-0.1, -0.05) is 19.3 Å². The van der Waals surface area contributed by atoms with Crippen LogP contribution >= 0.6 is 0 Å². The molecule has 0 saturated heterocycles. The minimum atomic E-state index is -3.87. The third-order valence-electron chi connectivity index (χ3n) is 6.13. The average molecular weight is 454 g/mol. The van der Waals surface area contributed by atoms with Gasteiger partial charge in [-0.05, 0) is 56.9 Å². The molecule has 1 fully saturated rings. The van der Waals surface area contributed by atoms with Crippen LogP contribution in [-0.2, 0) is 21.8 Å². The Labute approximate surface area is 188 Å². The van der Waals surface area contributed by atoms with E-state index in [0.29, 0.717) is 17.3 Å². The van der Waals surface area contributed by atoms with Gasteiger partial charge >= 0.3 is 0 Å². The van der Waals surface area contributed by atoms with Crippen molar-refractivity contribution in [1.82, 2.24) is 19.7 Å². The molecular weight excluding hydrogens is 426 g/mol. The Morgan fingerprint density at radius 3 is 2.53 bits per heavy atom. The predicted molar refractivity (Wildman–Crippen MR) is 119 cm³/mol. The second-order valence-electron chi connectivity index (χ2n) is 8.85. The standard InChI is InChI=1S/C23H27N5O3S/c1-23(2,15-24)22-25-18-13-17(32(29,30)21-12-11-20(31-3)26-27-21)9-10-19(18)28(22)14-16-7-5-4-6-8-16/h9-13,16H,4-8,14H2,1-3H3. The molecule has 0 atom stereocenters. The summed E-state index contributed by atoms with van der Waals surface area (Å²) in [6.45, 7) is 4.47. The zero-order valence-corrected chi connectivity index (χ0v) is 19.4. The first-order chi connectivity index (χ1) is 15.3. The normalized spacial score (nSPS) is 15.6. The number of fused-ring (bicyclic) bond motifs is 1. The van der Waals surface area contributed by atoms with E-state index in [0.717, 1.165) is 24.9 Å². The van der Waals surface area contributed by atoms with Gasteiger partial charge in [0.2, 0.25) is 15.7 Å². The number of nitrogens with zero attached hydrogens (tertiary/aromatic N) is 5. The van der Waals surface area contributed by atoms with Crippen LogP contribution in [0.3, 0.4) is 0 Å². The number of nitriles is 1. The van der Waals surface area contributed by atoms with Gasteiger partial charge in [0.15, 0.2) is 5.03 Å². The smallest absolute Gasteiger partial charge is 0.233 e. The van der Waals surface area contributed by atoms with Gasteiger partial charge in [0.05, 0.1) is 29.1 Å². The molecule has 32 heavy (non-hydrogen) atoms. The Morgan fingerprint density at radius 1 is 1.16 bits per heavy atom. The number of benzene rings is 1. The predicted octanol–water partition coefficient (Wildman–Crippen LogP) is 4.05. The zero-order valence-electron chi connectivity index (χ0n) is 18.6. The Balaban J connectivity index is 1.79. The van der Waals surface area contributed by atoms with E-state index < -0.39 is 15.3 Å². The minimum absolute atomic E-state index is 0.0908. The second-order valence-corrected chi connectivity index (χ2v) is 10.8. The van der Waals surface area contributed by atoms with Crippen molar-refractivity contribution in [3.8, 4) is 11.9 Å². The lowest BCUT2D eigenvalue weighted by atomic mass is 9.88. The molecule has 0 amide bonds. The Bertz CT molecular complexity index is 1270. The lowest BCUT2D eigenvalue weighted by Gasteiger charge is -2.25. The number of sulfone groups is 1. The number of hydrogen-bond acceptors (Lipinski definition) is 7. The molecule has 3 aromatic rings. The van der Waals surface area contributed by atoms with E-state index >= 15 is 0 Å². The minimum Gasteiger partial charge on any atom is -0.480 e. The summed E-state index contributed by atoms with van der Waals surface area (Å²) in [7, 11) is -2.43. The molecule has 1 saturated carbocycles. The SMILES string of the molecule is COc1ccc(S(=O)(=O)c2ccc3c(c2)nc(C(C)(C)C#N)n3CC2CCCCC2)nn1. The summed E-state index contributed by atoms with van der Waals surface area (Å²) in [6, 6.07) is 10.1. The second kappa shape index (κ2) is 8.51. The lowest BCUT2D eigenvalue weighted by Crippen LogP contribution is -2.24. The van der Waals surface area contributed by atoms with Gasteiger partial charge in [0.25, 0.3) is 0 Å². The molecule has 0 aliphatic heterocycles. The highest BCUT2D eigenvalue weighted by Crippen LogP contribution is 2.32. The third kappa shape index (κ3) is 4.07. The van der Waals surface area contributed by atoms with Gasteiger partial charge < -0.3 is 9.30 Å². The van der Waals surface area contributed by atoms with Crippen LogP contribution in [0.4, 0.5) is 0 Å². The lowest BCUT2D eigenvalue weighted by molar-refractivity contribution is 0.315. The van der Waals surface area contributed by atoms with Crippen LogP contribution in [0.5, 0.6) is 5.88 Å². The molecule has 0 spiro atoms. The molecule has 4 rings (SSSR count). The van der Waals surface area contributed by atoms with Crippen molar-refractivity contribution in [3.05, 3.63) is 36.2 Å². The van der Waals surface area contributed by atoms with E-state index in [2.05, 4.69) is 20.8 Å². The monoisotopic (exact) mass is 453 g/mol. The number of rotatable bonds is 6. The van der Waals surface area contributed by atoms with Crippen molar-refractivity contribution in [2.45, 2.75) is 67.8 Å². The molecular formula is C23H27N5O3S. The molecule has 0 bridgehead atoms. The van der Waals surface area contributed by atoms with Crippen LogP contribution in [0.25, 0.3) is 11.0 Å². The molecule has 1 aromatic carbocycles. The number of imidazole rings is 1. The number of ether oxygens (including phenoxy) is 1. The molecule has 2 aromatic heterocycles. The molecule has 168 valence electrons. The summed E-state index contributed by atoms with van der Waals surface area (Å²) in [4.78, 5) is 4.83. The van der Waals surface area contributed by atoms with Crippen LogP contribution in [0.2, 0.25) is 0 Å². The molecule has 9 heteroatoms. The van der Waals surface area contributed by atoms with Crippen molar-refractivity contribution >= 4 is 20.9 Å². The summed E-state index contributed by atoms with van der Waals surface area (Å²) in [5, 5.41) is 17.2. The van der Waals surface area contributed by atoms with E-state index in [1.54, 1.807) is 18.2 Å². The summed E-state index contributed by atoms with van der Waals surface area (Å²) >= 11 is 0. The Hall–Kier alpha value is -2.99. The molecule has 0 radical (unpaired) electrons. The first-order valence-corrected chi connectivity index (χ1v) is 12.3. The molecule has 8 nitrogen and oxygen atoms in total. The summed E-state index contributed by atoms with van der Waals surface area (Å²) in [5.74, 6) is 1.44. The van der Waals surface area contributed by atoms with E-state index in [1.165, 1.54) is 38.5 Å². The highest BCUT2D eigenvalue weighted by molar-refractivity contribution is 7.91. The first kappa shape index (κ1) is 22.2. The maximum absolute atomic E-state index is 13.1. The Morgan fingerprint density at radius 2 is 1.91 bits per heavy atom. The van der Waals surface area contributed by atoms with Crippen molar-refractivity contribution in [1.29, 1.82) is 5.26 Å². The molecule has 1 aliphatic carbocycles. The van der Waals surface area contributed by atoms with Gasteiger partial charge in [-0.3, -0.25) is 0 Å². The van der Waals surface area contributed by atoms with Crippen LogP contribution in [-0.4, -0.2) is 35.3 Å². The maximum Gasteiger partial charge on any atom is 0.233 e. The maximum atomic E-state index is 13.1. The van der Waals surface area contributed by atoms with E-state index in [4.69, 9.17) is 9.72 Å². The van der Waals surface area contributed by atoms with Gasteiger partial charge in [-0.2, -0.15) is 5.26 Å². The first-order valence-electron chi connectivity index (χ1n) is 10.8. The molecule has 2 heterocycles. The highest BCUT2D eigenvalue weighted by atomic mass is 32.2. The summed E-state index contributed by atoms with van der Waals surface area (Å²) < 4.78 is 33.3. The van der Waals surface area contributed by atoms with Crippen molar-refractivity contribution < 1.29 is 13.2 Å². The highest BCUT2D eigenvalue weighted by Gasteiger charge is 2.30. The largest absolute Gasteiger partial charge is 0.480 e. The topological polar surface area (TPSA) is 111 Å². The quantitative estimate of drug-likeness (QED) is 0.553. The van der Waals surface area contributed by atoms with Crippen molar-refractivity contribution in [3.63, 3.8) is 0 Å². The van der Waals surface area contributed by atoms with Crippen LogP contribution in [0.1, 0.15) is 51.8 Å². The van der Waals surface area contributed by atoms with Gasteiger partial charge in [0.1, 0.15) is 11.2 Å². The van der Waals surface area contributed by atoms with E-state index in [9.17, 15) is 13.7 Å². The van der Waals surface area contributed by atoms with Crippen LogP contribution in [0.15, 0.2) is 40.3 Å². The Kier molecular flexibility index (Phi) is 5.91. The van der Waals surface area contributed by atoms with Gasteiger partial charge in [-0.25, -0.2) is 13.4 Å². The van der Waals surface area contributed by atoms with Crippen molar-refractivity contribution in [2.24, 2.45) is 5.92 Å². The fraction of sp³-hybridized carbons (Fsp3) is 0.478. The fourth-order valence-corrected chi connectivity index (χ4v) is 5.45. The zero-order chi connectivity index (χ0) is 22.9. The van der Waals surface area contributed by atoms with Gasteiger partial charge in [0, 0.05) is 12.6 Å². The fourth-order valence-electron chi connectivity index (χ4n) is 4.30. The third-order valence-corrected chi connectivity index (χ3v) is 7.78. The van der Waals surface area contributed by atoms with E-state index in [-0.39, 0.29) is 15.8 Å². The van der Waals surface area contributed by atoms with Crippen LogP contribution in [0, 0.1) is 17.2 Å². The average Bonchev–Trinajstić information content (AvgIpc) is 3.18. The van der Waals surface area contributed by atoms with Crippen LogP contribution < -0.4 is 4.74 Å². The summed E-state index contributed by atoms with van der Waals surface area (Å²) in [6.07, 6.45) is 6.04. The van der Waals surface area contributed by atoms with Crippen molar-refractivity contribution in [2.75, 3.05) is 7.11 Å². The molecule has 0 unspecified atom stereocenters. The number of methoxy groups -OCH3 is 1. The number of hydrogen-bond donors (Lipinski definition) is 0. The summed E-state index contributed by atoms with van der Waals surface area (Å²) in [5.41, 5.74) is 0.601. The molecule has 1 aliphatic rings. The molecule has 0 N–H and O–H groups in total. The van der Waals surface area contributed by atoms with E-state index in [1.807, 2.05) is 13.8 Å². The number of aromatic nitrogens is 4.